The smallest absolute Gasteiger partial charge is 0.259 e. The van der Waals surface area contributed by atoms with Gasteiger partial charge < -0.3 is 15.4 Å². The van der Waals surface area contributed by atoms with Crippen molar-refractivity contribution in [3.8, 4) is 5.75 Å². The summed E-state index contributed by atoms with van der Waals surface area (Å²) in [5.74, 6) is -0.0329. The first kappa shape index (κ1) is 19.5. The molecule has 0 fully saturated rings. The van der Waals surface area contributed by atoms with Gasteiger partial charge in [0.1, 0.15) is 12.4 Å². The quantitative estimate of drug-likeness (QED) is 0.609. The number of hydrogen-bond donors (Lipinski definition) is 2. The average molecular weight is 395 g/mol. The van der Waals surface area contributed by atoms with Gasteiger partial charge in [-0.05, 0) is 36.4 Å². The number of anilines is 2. The van der Waals surface area contributed by atoms with Gasteiger partial charge in [-0.1, -0.05) is 48.0 Å². The Hall–Kier alpha value is -3.31. The van der Waals surface area contributed by atoms with Crippen molar-refractivity contribution in [1.82, 2.24) is 0 Å². The average Bonchev–Trinajstić information content (AvgIpc) is 2.67. The maximum absolute atomic E-state index is 12.7. The molecule has 0 aromatic heterocycles. The summed E-state index contributed by atoms with van der Waals surface area (Å²) in [5, 5.41) is 6.12. The Morgan fingerprint density at radius 1 is 0.893 bits per heavy atom. The summed E-state index contributed by atoms with van der Waals surface area (Å²) in [5.41, 5.74) is 2.41. The molecule has 0 aliphatic rings. The number of benzene rings is 3. The molecule has 3 aromatic carbocycles. The third-order valence-electron chi connectivity index (χ3n) is 3.91. The van der Waals surface area contributed by atoms with Crippen LogP contribution in [0, 0.1) is 0 Å². The number of halogens is 1. The van der Waals surface area contributed by atoms with Gasteiger partial charge in [0.15, 0.2) is 0 Å². The number of rotatable bonds is 6. The summed E-state index contributed by atoms with van der Waals surface area (Å²) >= 11 is 6.16. The Bertz CT molecular complexity index is 1000. The van der Waals surface area contributed by atoms with Crippen molar-refractivity contribution >= 4 is 34.8 Å². The molecule has 0 spiro atoms. The zero-order chi connectivity index (χ0) is 19.9. The maximum Gasteiger partial charge on any atom is 0.259 e. The summed E-state index contributed by atoms with van der Waals surface area (Å²) in [6.45, 7) is 1.68. The van der Waals surface area contributed by atoms with E-state index < -0.39 is 0 Å². The molecular formula is C22H19ClN2O3. The Balaban J connectivity index is 1.74. The lowest BCUT2D eigenvalue weighted by atomic mass is 10.1. The molecule has 0 aliphatic heterocycles. The normalized spacial score (nSPS) is 10.2. The second-order valence-electron chi connectivity index (χ2n) is 6.09. The second-order valence-corrected chi connectivity index (χ2v) is 6.50. The van der Waals surface area contributed by atoms with Crippen LogP contribution in [0.25, 0.3) is 0 Å². The molecule has 0 saturated heterocycles. The Morgan fingerprint density at radius 2 is 1.57 bits per heavy atom. The Labute approximate surface area is 168 Å². The van der Waals surface area contributed by atoms with Crippen LogP contribution in [0.4, 0.5) is 11.4 Å². The van der Waals surface area contributed by atoms with E-state index in [9.17, 15) is 9.59 Å². The zero-order valence-electron chi connectivity index (χ0n) is 15.2. The van der Waals surface area contributed by atoms with Gasteiger partial charge >= 0.3 is 0 Å². The van der Waals surface area contributed by atoms with Crippen LogP contribution in [0.15, 0.2) is 72.8 Å². The lowest BCUT2D eigenvalue weighted by molar-refractivity contribution is -0.114. The van der Waals surface area contributed by atoms with Gasteiger partial charge in [0.05, 0.1) is 5.56 Å². The van der Waals surface area contributed by atoms with Gasteiger partial charge in [-0.25, -0.2) is 0 Å². The highest BCUT2D eigenvalue weighted by Crippen LogP contribution is 2.23. The van der Waals surface area contributed by atoms with Gasteiger partial charge in [-0.15, -0.1) is 0 Å². The van der Waals surface area contributed by atoms with Crippen LogP contribution in [0.1, 0.15) is 22.8 Å². The van der Waals surface area contributed by atoms with E-state index in [2.05, 4.69) is 10.6 Å². The molecule has 0 heterocycles. The highest BCUT2D eigenvalue weighted by Gasteiger charge is 2.13. The summed E-state index contributed by atoms with van der Waals surface area (Å²) in [7, 11) is 0. The second kappa shape index (κ2) is 9.06. The number of ether oxygens (including phenoxy) is 1. The molecule has 28 heavy (non-hydrogen) atoms. The largest absolute Gasteiger partial charge is 0.488 e. The molecule has 0 unspecified atom stereocenters. The van der Waals surface area contributed by atoms with E-state index in [0.717, 1.165) is 5.56 Å². The molecule has 142 valence electrons. The highest BCUT2D eigenvalue weighted by molar-refractivity contribution is 6.31. The van der Waals surface area contributed by atoms with E-state index >= 15 is 0 Å². The Morgan fingerprint density at radius 3 is 2.32 bits per heavy atom. The van der Waals surface area contributed by atoms with E-state index in [1.807, 2.05) is 18.2 Å². The number of hydrogen-bond acceptors (Lipinski definition) is 3. The fourth-order valence-corrected chi connectivity index (χ4v) is 2.82. The third kappa shape index (κ3) is 5.11. The van der Waals surface area contributed by atoms with E-state index in [4.69, 9.17) is 16.3 Å². The minimum Gasteiger partial charge on any atom is -0.488 e. The lowest BCUT2D eigenvalue weighted by Crippen LogP contribution is -2.14. The van der Waals surface area contributed by atoms with E-state index in [0.29, 0.717) is 27.7 Å². The molecule has 5 nitrogen and oxygen atoms in total. The molecule has 6 heteroatoms. The van der Waals surface area contributed by atoms with Gasteiger partial charge in [0, 0.05) is 28.9 Å². The van der Waals surface area contributed by atoms with Crippen LogP contribution in [0.3, 0.4) is 0 Å². The minimum atomic E-state index is -0.310. The van der Waals surface area contributed by atoms with Gasteiger partial charge in [0.2, 0.25) is 5.91 Å². The predicted molar refractivity (Wildman–Crippen MR) is 111 cm³/mol. The first-order valence-corrected chi connectivity index (χ1v) is 9.05. The van der Waals surface area contributed by atoms with Gasteiger partial charge in [-0.3, -0.25) is 9.59 Å². The number of carbonyl (C=O) groups is 2. The predicted octanol–water partition coefficient (Wildman–Crippen LogP) is 5.13. The number of amides is 2. The first-order chi connectivity index (χ1) is 13.5. The molecular weight excluding hydrogens is 376 g/mol. The van der Waals surface area contributed by atoms with E-state index in [-0.39, 0.29) is 18.4 Å². The molecule has 3 aromatic rings. The minimum absolute atomic E-state index is 0.179. The Kier molecular flexibility index (Phi) is 6.29. The van der Waals surface area contributed by atoms with Crippen LogP contribution in [-0.2, 0) is 11.4 Å². The summed E-state index contributed by atoms with van der Waals surface area (Å²) in [4.78, 5) is 23.9. The molecule has 2 amide bonds. The number of para-hydroxylation sites is 1. The van der Waals surface area contributed by atoms with Gasteiger partial charge in [0.25, 0.3) is 5.91 Å². The zero-order valence-corrected chi connectivity index (χ0v) is 16.0. The van der Waals surface area contributed by atoms with Crippen molar-refractivity contribution in [2.45, 2.75) is 13.5 Å². The maximum atomic E-state index is 12.7. The molecule has 3 rings (SSSR count). The van der Waals surface area contributed by atoms with Crippen molar-refractivity contribution in [2.24, 2.45) is 0 Å². The van der Waals surface area contributed by atoms with Crippen molar-refractivity contribution in [1.29, 1.82) is 0 Å². The fourth-order valence-electron chi connectivity index (χ4n) is 2.63. The van der Waals surface area contributed by atoms with Crippen molar-refractivity contribution in [3.05, 3.63) is 88.9 Å². The standard InChI is InChI=1S/C22H19ClN2O3/c1-15(26)24-17-8-6-9-18(13-17)25-22(27)19-10-3-5-12-21(19)28-14-16-7-2-4-11-20(16)23/h2-13H,14H2,1H3,(H,24,26)(H,25,27). The fraction of sp³-hybridized carbons (Fsp3) is 0.0909. The molecule has 0 radical (unpaired) electrons. The summed E-state index contributed by atoms with van der Waals surface area (Å²) < 4.78 is 5.84. The number of nitrogens with one attached hydrogen (secondary N) is 2. The lowest BCUT2D eigenvalue weighted by Gasteiger charge is -2.13. The first-order valence-electron chi connectivity index (χ1n) is 8.67. The number of carbonyl (C=O) groups excluding carboxylic acids is 2. The molecule has 0 bridgehead atoms. The van der Waals surface area contributed by atoms with Gasteiger partial charge in [-0.2, -0.15) is 0 Å². The topological polar surface area (TPSA) is 67.4 Å². The van der Waals surface area contributed by atoms with Crippen LogP contribution >= 0.6 is 11.6 Å². The SMILES string of the molecule is CC(=O)Nc1cccc(NC(=O)c2ccccc2OCc2ccccc2Cl)c1. The van der Waals surface area contributed by atoms with Crippen molar-refractivity contribution < 1.29 is 14.3 Å². The summed E-state index contributed by atoms with van der Waals surface area (Å²) in [6.07, 6.45) is 0. The van der Waals surface area contributed by atoms with E-state index in [1.54, 1.807) is 54.6 Å². The van der Waals surface area contributed by atoms with Crippen molar-refractivity contribution in [3.63, 3.8) is 0 Å². The molecule has 0 saturated carbocycles. The molecule has 0 atom stereocenters. The molecule has 0 aliphatic carbocycles. The third-order valence-corrected chi connectivity index (χ3v) is 4.28. The van der Waals surface area contributed by atoms with Crippen LogP contribution in [-0.4, -0.2) is 11.8 Å². The van der Waals surface area contributed by atoms with Crippen LogP contribution in [0.5, 0.6) is 5.75 Å². The summed E-state index contributed by atoms with van der Waals surface area (Å²) in [6, 6.07) is 21.3. The van der Waals surface area contributed by atoms with Crippen molar-refractivity contribution in [2.75, 3.05) is 10.6 Å². The monoisotopic (exact) mass is 394 g/mol. The highest BCUT2D eigenvalue weighted by atomic mass is 35.5. The van der Waals surface area contributed by atoms with Crippen LogP contribution < -0.4 is 15.4 Å². The molecule has 2 N–H and O–H groups in total. The van der Waals surface area contributed by atoms with E-state index in [1.165, 1.54) is 6.92 Å². The van der Waals surface area contributed by atoms with Crippen LogP contribution in [0.2, 0.25) is 5.02 Å².